The van der Waals surface area contributed by atoms with Crippen molar-refractivity contribution in [2.75, 3.05) is 0 Å². The van der Waals surface area contributed by atoms with E-state index in [1.54, 1.807) is 0 Å². The van der Waals surface area contributed by atoms with Gasteiger partial charge in [-0.2, -0.15) is 0 Å². The van der Waals surface area contributed by atoms with Gasteiger partial charge in [0, 0.05) is 0 Å². The fourth-order valence-electron chi connectivity index (χ4n) is 2.56. The monoisotopic (exact) mass is 198 g/mol. The van der Waals surface area contributed by atoms with Crippen molar-refractivity contribution in [3.63, 3.8) is 0 Å². The van der Waals surface area contributed by atoms with Gasteiger partial charge in [0.15, 0.2) is 0 Å². The van der Waals surface area contributed by atoms with Gasteiger partial charge in [-0.3, -0.25) is 0 Å². The highest BCUT2D eigenvalue weighted by Gasteiger charge is 2.21. The molecule has 1 saturated carbocycles. The quantitative estimate of drug-likeness (QED) is 0.644. The van der Waals surface area contributed by atoms with Crippen LogP contribution in [0.25, 0.3) is 0 Å². The zero-order valence-electron chi connectivity index (χ0n) is 10.1. The van der Waals surface area contributed by atoms with Gasteiger partial charge in [0.2, 0.25) is 0 Å². The standard InChI is InChI=1S/C13H26O/c1-4-8-11(2)14-12(3)13-9-6-5-7-10-13/h11-13H,4-10H2,1-3H3. The molecule has 0 aromatic carbocycles. The third kappa shape index (κ3) is 4.00. The van der Waals surface area contributed by atoms with E-state index in [1.807, 2.05) is 0 Å². The lowest BCUT2D eigenvalue weighted by Crippen LogP contribution is -2.26. The first-order chi connectivity index (χ1) is 6.74. The molecule has 2 atom stereocenters. The molecule has 1 aliphatic carbocycles. The van der Waals surface area contributed by atoms with Gasteiger partial charge in [0.05, 0.1) is 12.2 Å². The van der Waals surface area contributed by atoms with Gasteiger partial charge in [0.25, 0.3) is 0 Å². The minimum Gasteiger partial charge on any atom is -0.375 e. The summed E-state index contributed by atoms with van der Waals surface area (Å²) in [5, 5.41) is 0. The van der Waals surface area contributed by atoms with Crippen LogP contribution in [-0.2, 0) is 4.74 Å². The lowest BCUT2D eigenvalue weighted by molar-refractivity contribution is -0.0356. The van der Waals surface area contributed by atoms with Gasteiger partial charge in [-0.1, -0.05) is 32.6 Å². The third-order valence-corrected chi connectivity index (χ3v) is 3.46. The number of ether oxygens (including phenoxy) is 1. The largest absolute Gasteiger partial charge is 0.375 e. The minimum atomic E-state index is 0.455. The fraction of sp³-hybridized carbons (Fsp3) is 1.00. The van der Waals surface area contributed by atoms with Crippen LogP contribution in [0.15, 0.2) is 0 Å². The normalized spacial score (nSPS) is 23.4. The van der Waals surface area contributed by atoms with E-state index in [4.69, 9.17) is 4.74 Å². The van der Waals surface area contributed by atoms with E-state index >= 15 is 0 Å². The van der Waals surface area contributed by atoms with E-state index in [1.165, 1.54) is 44.9 Å². The number of rotatable bonds is 5. The summed E-state index contributed by atoms with van der Waals surface area (Å²) in [5.74, 6) is 0.836. The van der Waals surface area contributed by atoms with Gasteiger partial charge >= 0.3 is 0 Å². The van der Waals surface area contributed by atoms with Crippen LogP contribution in [0.4, 0.5) is 0 Å². The average molecular weight is 198 g/mol. The first-order valence-electron chi connectivity index (χ1n) is 6.39. The molecule has 1 rings (SSSR count). The van der Waals surface area contributed by atoms with Crippen molar-refractivity contribution in [1.29, 1.82) is 0 Å². The van der Waals surface area contributed by atoms with Crippen molar-refractivity contribution in [2.45, 2.75) is 77.9 Å². The molecule has 0 heterocycles. The Balaban J connectivity index is 2.21. The van der Waals surface area contributed by atoms with E-state index in [2.05, 4.69) is 20.8 Å². The smallest absolute Gasteiger partial charge is 0.0578 e. The molecule has 0 saturated heterocycles. The molecule has 0 bridgehead atoms. The van der Waals surface area contributed by atoms with Crippen molar-refractivity contribution < 1.29 is 4.74 Å². The first-order valence-corrected chi connectivity index (χ1v) is 6.39. The molecule has 0 aromatic heterocycles. The van der Waals surface area contributed by atoms with Crippen molar-refractivity contribution in [3.05, 3.63) is 0 Å². The molecule has 0 aromatic rings. The lowest BCUT2D eigenvalue weighted by atomic mass is 9.86. The van der Waals surface area contributed by atoms with E-state index in [-0.39, 0.29) is 0 Å². The van der Waals surface area contributed by atoms with E-state index in [0.717, 1.165) is 5.92 Å². The third-order valence-electron chi connectivity index (χ3n) is 3.46. The Morgan fingerprint density at radius 3 is 2.36 bits per heavy atom. The summed E-state index contributed by atoms with van der Waals surface area (Å²) >= 11 is 0. The summed E-state index contributed by atoms with van der Waals surface area (Å²) in [6.45, 7) is 6.70. The summed E-state index contributed by atoms with van der Waals surface area (Å²) < 4.78 is 6.03. The molecule has 0 spiro atoms. The van der Waals surface area contributed by atoms with Crippen molar-refractivity contribution in [3.8, 4) is 0 Å². The summed E-state index contributed by atoms with van der Waals surface area (Å²) in [5.41, 5.74) is 0. The van der Waals surface area contributed by atoms with Crippen molar-refractivity contribution >= 4 is 0 Å². The second-order valence-corrected chi connectivity index (χ2v) is 4.84. The van der Waals surface area contributed by atoms with Crippen LogP contribution in [0.2, 0.25) is 0 Å². The Kier molecular flexibility index (Phi) is 5.54. The Labute approximate surface area is 89.2 Å². The van der Waals surface area contributed by atoms with Crippen LogP contribution in [0.5, 0.6) is 0 Å². The molecule has 0 amide bonds. The zero-order chi connectivity index (χ0) is 10.4. The predicted molar refractivity (Wildman–Crippen MR) is 61.5 cm³/mol. The molecule has 0 N–H and O–H groups in total. The topological polar surface area (TPSA) is 9.23 Å². The summed E-state index contributed by atoms with van der Waals surface area (Å²) in [6.07, 6.45) is 10.4. The summed E-state index contributed by atoms with van der Waals surface area (Å²) in [6, 6.07) is 0. The maximum absolute atomic E-state index is 6.03. The Morgan fingerprint density at radius 2 is 1.79 bits per heavy atom. The van der Waals surface area contributed by atoms with Crippen LogP contribution in [0.3, 0.4) is 0 Å². The molecular weight excluding hydrogens is 172 g/mol. The maximum Gasteiger partial charge on any atom is 0.0578 e. The van der Waals surface area contributed by atoms with Gasteiger partial charge in [0.1, 0.15) is 0 Å². The van der Waals surface area contributed by atoms with Crippen LogP contribution in [-0.4, -0.2) is 12.2 Å². The van der Waals surface area contributed by atoms with E-state index in [9.17, 15) is 0 Å². The highest BCUT2D eigenvalue weighted by atomic mass is 16.5. The molecule has 0 aliphatic heterocycles. The average Bonchev–Trinajstić information content (AvgIpc) is 2.19. The number of hydrogen-bond acceptors (Lipinski definition) is 1. The SMILES string of the molecule is CCCC(C)OC(C)C1CCCCC1. The summed E-state index contributed by atoms with van der Waals surface area (Å²) in [7, 11) is 0. The first kappa shape index (κ1) is 12.0. The Hall–Kier alpha value is -0.0400. The second kappa shape index (κ2) is 6.44. The maximum atomic E-state index is 6.03. The lowest BCUT2D eigenvalue weighted by Gasteiger charge is -2.29. The van der Waals surface area contributed by atoms with Gasteiger partial charge in [-0.05, 0) is 39.0 Å². The molecule has 1 aliphatic rings. The molecule has 0 radical (unpaired) electrons. The van der Waals surface area contributed by atoms with Crippen molar-refractivity contribution in [1.82, 2.24) is 0 Å². The van der Waals surface area contributed by atoms with Gasteiger partial charge in [-0.15, -0.1) is 0 Å². The number of hydrogen-bond donors (Lipinski definition) is 0. The molecule has 84 valence electrons. The van der Waals surface area contributed by atoms with Gasteiger partial charge < -0.3 is 4.74 Å². The Bertz CT molecular complexity index is 138. The Morgan fingerprint density at radius 1 is 1.14 bits per heavy atom. The molecule has 1 heteroatoms. The van der Waals surface area contributed by atoms with Gasteiger partial charge in [-0.25, -0.2) is 0 Å². The zero-order valence-corrected chi connectivity index (χ0v) is 10.1. The highest BCUT2D eigenvalue weighted by Crippen LogP contribution is 2.28. The predicted octanol–water partition coefficient (Wildman–Crippen LogP) is 4.16. The molecule has 2 unspecified atom stereocenters. The van der Waals surface area contributed by atoms with E-state index < -0.39 is 0 Å². The second-order valence-electron chi connectivity index (χ2n) is 4.84. The van der Waals surface area contributed by atoms with E-state index in [0.29, 0.717) is 12.2 Å². The van der Waals surface area contributed by atoms with Crippen LogP contribution in [0.1, 0.15) is 65.7 Å². The molecule has 14 heavy (non-hydrogen) atoms. The fourth-order valence-corrected chi connectivity index (χ4v) is 2.56. The molecule has 1 fully saturated rings. The molecule has 1 nitrogen and oxygen atoms in total. The highest BCUT2D eigenvalue weighted by molar-refractivity contribution is 4.72. The van der Waals surface area contributed by atoms with Crippen LogP contribution < -0.4 is 0 Å². The van der Waals surface area contributed by atoms with Crippen LogP contribution >= 0.6 is 0 Å². The van der Waals surface area contributed by atoms with Crippen LogP contribution in [0, 0.1) is 5.92 Å². The molecular formula is C13H26O. The minimum absolute atomic E-state index is 0.455. The summed E-state index contributed by atoms with van der Waals surface area (Å²) in [4.78, 5) is 0. The van der Waals surface area contributed by atoms with Crippen molar-refractivity contribution in [2.24, 2.45) is 5.92 Å².